The molecule has 14 heavy (non-hydrogen) atoms. The van der Waals surface area contributed by atoms with E-state index in [-0.39, 0.29) is 6.10 Å². The van der Waals surface area contributed by atoms with Gasteiger partial charge in [0.2, 0.25) is 0 Å². The van der Waals surface area contributed by atoms with Crippen LogP contribution in [-0.2, 0) is 0 Å². The summed E-state index contributed by atoms with van der Waals surface area (Å²) < 4.78 is 0. The SMILES string of the molecule is CC(O)CCCNCCCNC1CC1. The van der Waals surface area contributed by atoms with Crippen LogP contribution < -0.4 is 10.6 Å². The molecule has 0 aromatic carbocycles. The van der Waals surface area contributed by atoms with Crippen molar-refractivity contribution in [3.05, 3.63) is 0 Å². The van der Waals surface area contributed by atoms with Crippen LogP contribution in [0.1, 0.15) is 39.0 Å². The lowest BCUT2D eigenvalue weighted by atomic mass is 10.2. The van der Waals surface area contributed by atoms with E-state index in [2.05, 4.69) is 10.6 Å². The van der Waals surface area contributed by atoms with Crippen LogP contribution in [0.5, 0.6) is 0 Å². The molecule has 3 N–H and O–H groups in total. The van der Waals surface area contributed by atoms with E-state index in [1.54, 1.807) is 0 Å². The quantitative estimate of drug-likeness (QED) is 0.484. The van der Waals surface area contributed by atoms with Crippen molar-refractivity contribution >= 4 is 0 Å². The molecular weight excluding hydrogens is 176 g/mol. The van der Waals surface area contributed by atoms with Gasteiger partial charge >= 0.3 is 0 Å². The Kier molecular flexibility index (Phi) is 6.15. The first-order chi connectivity index (χ1) is 6.79. The number of aliphatic hydroxyl groups excluding tert-OH is 1. The van der Waals surface area contributed by atoms with Crippen molar-refractivity contribution in [1.82, 2.24) is 10.6 Å². The molecule has 0 heterocycles. The maximum atomic E-state index is 9.02. The molecule has 0 aromatic heterocycles. The summed E-state index contributed by atoms with van der Waals surface area (Å²) in [4.78, 5) is 0. The molecule has 0 radical (unpaired) electrons. The highest BCUT2D eigenvalue weighted by molar-refractivity contribution is 4.80. The normalized spacial score (nSPS) is 18.4. The molecule has 1 saturated carbocycles. The van der Waals surface area contributed by atoms with Gasteiger partial charge in [0.15, 0.2) is 0 Å². The van der Waals surface area contributed by atoms with Gasteiger partial charge in [0.1, 0.15) is 0 Å². The third-order valence-electron chi connectivity index (χ3n) is 2.52. The number of hydrogen-bond acceptors (Lipinski definition) is 3. The molecule has 1 aliphatic rings. The van der Waals surface area contributed by atoms with E-state index in [9.17, 15) is 0 Å². The lowest BCUT2D eigenvalue weighted by molar-refractivity contribution is 0.181. The van der Waals surface area contributed by atoms with Crippen LogP contribution in [0.2, 0.25) is 0 Å². The van der Waals surface area contributed by atoms with Gasteiger partial charge < -0.3 is 15.7 Å². The molecule has 0 aliphatic heterocycles. The first-order valence-electron chi connectivity index (χ1n) is 5.91. The highest BCUT2D eigenvalue weighted by atomic mass is 16.3. The average Bonchev–Trinajstić information content (AvgIpc) is 2.92. The zero-order valence-electron chi connectivity index (χ0n) is 9.26. The van der Waals surface area contributed by atoms with Gasteiger partial charge in [0.25, 0.3) is 0 Å². The smallest absolute Gasteiger partial charge is 0.0512 e. The van der Waals surface area contributed by atoms with Crippen LogP contribution in [0.4, 0.5) is 0 Å². The highest BCUT2D eigenvalue weighted by Crippen LogP contribution is 2.18. The van der Waals surface area contributed by atoms with E-state index in [4.69, 9.17) is 5.11 Å². The Morgan fingerprint density at radius 3 is 2.57 bits per heavy atom. The largest absolute Gasteiger partial charge is 0.393 e. The summed E-state index contributed by atoms with van der Waals surface area (Å²) in [6.07, 6.45) is 5.81. The minimum atomic E-state index is -0.145. The van der Waals surface area contributed by atoms with Gasteiger partial charge in [-0.05, 0) is 58.7 Å². The summed E-state index contributed by atoms with van der Waals surface area (Å²) >= 11 is 0. The van der Waals surface area contributed by atoms with Crippen LogP contribution in [0.25, 0.3) is 0 Å². The molecule has 0 bridgehead atoms. The molecule has 0 aromatic rings. The van der Waals surface area contributed by atoms with Gasteiger partial charge in [-0.15, -0.1) is 0 Å². The van der Waals surface area contributed by atoms with E-state index < -0.39 is 0 Å². The first kappa shape index (κ1) is 12.0. The first-order valence-corrected chi connectivity index (χ1v) is 5.91. The Morgan fingerprint density at radius 1 is 1.21 bits per heavy atom. The molecule has 1 atom stereocenters. The van der Waals surface area contributed by atoms with Crippen molar-refractivity contribution in [3.63, 3.8) is 0 Å². The molecule has 84 valence electrons. The minimum absolute atomic E-state index is 0.145. The van der Waals surface area contributed by atoms with Crippen LogP contribution in [0.3, 0.4) is 0 Å². The Balaban J connectivity index is 1.66. The summed E-state index contributed by atoms with van der Waals surface area (Å²) in [6.45, 7) is 5.13. The number of hydrogen-bond donors (Lipinski definition) is 3. The van der Waals surface area contributed by atoms with Gasteiger partial charge in [-0.1, -0.05) is 0 Å². The van der Waals surface area contributed by atoms with E-state index in [0.29, 0.717) is 0 Å². The molecule has 0 amide bonds. The predicted molar refractivity (Wildman–Crippen MR) is 59.4 cm³/mol. The van der Waals surface area contributed by atoms with E-state index in [1.165, 1.54) is 19.3 Å². The van der Waals surface area contributed by atoms with Crippen LogP contribution in [0.15, 0.2) is 0 Å². The summed E-state index contributed by atoms with van der Waals surface area (Å²) in [7, 11) is 0. The number of rotatable bonds is 9. The molecule has 1 aliphatic carbocycles. The summed E-state index contributed by atoms with van der Waals surface area (Å²) in [5.41, 5.74) is 0. The molecule has 1 rings (SSSR count). The van der Waals surface area contributed by atoms with Crippen molar-refractivity contribution in [2.75, 3.05) is 19.6 Å². The van der Waals surface area contributed by atoms with Crippen LogP contribution in [0, 0.1) is 0 Å². The second-order valence-electron chi connectivity index (χ2n) is 4.32. The minimum Gasteiger partial charge on any atom is -0.393 e. The molecule has 1 unspecified atom stereocenters. The van der Waals surface area contributed by atoms with Crippen molar-refractivity contribution < 1.29 is 5.11 Å². The number of nitrogens with one attached hydrogen (secondary N) is 2. The zero-order chi connectivity index (χ0) is 10.2. The maximum absolute atomic E-state index is 9.02. The predicted octanol–water partition coefficient (Wildman–Crippen LogP) is 0.879. The molecule has 0 saturated heterocycles. The van der Waals surface area contributed by atoms with E-state index in [0.717, 1.165) is 38.5 Å². The highest BCUT2D eigenvalue weighted by Gasteiger charge is 2.19. The van der Waals surface area contributed by atoms with Crippen molar-refractivity contribution in [2.24, 2.45) is 0 Å². The Bertz CT molecular complexity index is 127. The maximum Gasteiger partial charge on any atom is 0.0512 e. The fourth-order valence-electron chi connectivity index (χ4n) is 1.45. The van der Waals surface area contributed by atoms with Gasteiger partial charge in [0, 0.05) is 6.04 Å². The third-order valence-corrected chi connectivity index (χ3v) is 2.52. The third kappa shape index (κ3) is 7.30. The molecule has 1 fully saturated rings. The average molecular weight is 200 g/mol. The van der Waals surface area contributed by atoms with Crippen molar-refractivity contribution in [2.45, 2.75) is 51.2 Å². The lowest BCUT2D eigenvalue weighted by Gasteiger charge is -2.06. The fraction of sp³-hybridized carbons (Fsp3) is 1.00. The second kappa shape index (κ2) is 7.21. The monoisotopic (exact) mass is 200 g/mol. The van der Waals surface area contributed by atoms with Crippen LogP contribution >= 0.6 is 0 Å². The van der Waals surface area contributed by atoms with E-state index in [1.807, 2.05) is 6.92 Å². The standard InChI is InChI=1S/C11H24N2O/c1-10(14)4-2-7-12-8-3-9-13-11-5-6-11/h10-14H,2-9H2,1H3. The molecule has 3 nitrogen and oxygen atoms in total. The Hall–Kier alpha value is -0.120. The van der Waals surface area contributed by atoms with E-state index >= 15 is 0 Å². The van der Waals surface area contributed by atoms with Crippen molar-refractivity contribution in [1.29, 1.82) is 0 Å². The fourth-order valence-corrected chi connectivity index (χ4v) is 1.45. The summed E-state index contributed by atoms with van der Waals surface area (Å²) in [6, 6.07) is 0.838. The van der Waals surface area contributed by atoms with Crippen LogP contribution in [-0.4, -0.2) is 36.9 Å². The Labute approximate surface area is 87.3 Å². The Morgan fingerprint density at radius 2 is 1.93 bits per heavy atom. The topological polar surface area (TPSA) is 44.3 Å². The van der Waals surface area contributed by atoms with Crippen molar-refractivity contribution in [3.8, 4) is 0 Å². The second-order valence-corrected chi connectivity index (χ2v) is 4.32. The van der Waals surface area contributed by atoms with Gasteiger partial charge in [-0.25, -0.2) is 0 Å². The van der Waals surface area contributed by atoms with Gasteiger partial charge in [-0.2, -0.15) is 0 Å². The van der Waals surface area contributed by atoms with Gasteiger partial charge in [0.05, 0.1) is 6.10 Å². The summed E-state index contributed by atoms with van der Waals surface area (Å²) in [5.74, 6) is 0. The number of aliphatic hydroxyl groups is 1. The molecule has 0 spiro atoms. The van der Waals surface area contributed by atoms with Gasteiger partial charge in [-0.3, -0.25) is 0 Å². The lowest BCUT2D eigenvalue weighted by Crippen LogP contribution is -2.24. The summed E-state index contributed by atoms with van der Waals surface area (Å²) in [5, 5.41) is 15.9. The zero-order valence-corrected chi connectivity index (χ0v) is 9.26. The molecular formula is C11H24N2O. The molecule has 3 heteroatoms.